The van der Waals surface area contributed by atoms with Gasteiger partial charge in [0.15, 0.2) is 0 Å². The molecule has 2 aliphatic heterocycles. The van der Waals surface area contributed by atoms with Crippen LogP contribution in [0.15, 0.2) is 53.4 Å². The van der Waals surface area contributed by atoms with Crippen LogP contribution in [-0.4, -0.2) is 79.9 Å². The summed E-state index contributed by atoms with van der Waals surface area (Å²) in [4.78, 5) is 17.3. The molecule has 0 saturated carbocycles. The molecular formula is C25H30N4O4S. The molecule has 2 saturated heterocycles. The summed E-state index contributed by atoms with van der Waals surface area (Å²) in [6, 6.07) is 16.0. The van der Waals surface area contributed by atoms with Crippen LogP contribution in [0.1, 0.15) is 35.3 Å². The fraction of sp³-hybridized carbons (Fsp3) is 0.440. The van der Waals surface area contributed by atoms with Gasteiger partial charge in [0.2, 0.25) is 10.0 Å². The Hall–Kier alpha value is -2.77. The van der Waals surface area contributed by atoms with Gasteiger partial charge in [-0.15, -0.1) is 0 Å². The lowest BCUT2D eigenvalue weighted by Gasteiger charge is -2.35. The Bertz CT molecular complexity index is 1160. The number of carbonyl (C=O) groups excluding carboxylic acids is 1. The molecule has 8 nitrogen and oxygen atoms in total. The van der Waals surface area contributed by atoms with Crippen molar-refractivity contribution < 1.29 is 17.9 Å². The van der Waals surface area contributed by atoms with Gasteiger partial charge in [-0.25, -0.2) is 8.42 Å². The Labute approximate surface area is 201 Å². The molecule has 2 heterocycles. The second-order valence-electron chi connectivity index (χ2n) is 8.98. The first-order chi connectivity index (χ1) is 16.3. The Balaban J connectivity index is 1.39. The number of amides is 1. The average molecular weight is 483 g/mol. The monoisotopic (exact) mass is 482 g/mol. The molecule has 2 aromatic rings. The lowest BCUT2D eigenvalue weighted by atomic mass is 10.1. The Morgan fingerprint density at radius 2 is 1.68 bits per heavy atom. The minimum Gasteiger partial charge on any atom is -0.373 e. The molecule has 0 bridgehead atoms. The summed E-state index contributed by atoms with van der Waals surface area (Å²) in [5, 5.41) is 8.94. The van der Waals surface area contributed by atoms with Crippen molar-refractivity contribution in [2.75, 3.05) is 39.3 Å². The summed E-state index contributed by atoms with van der Waals surface area (Å²) in [7, 11) is -3.71. The quantitative estimate of drug-likeness (QED) is 0.649. The molecule has 2 unspecified atom stereocenters. The molecule has 0 aliphatic carbocycles. The largest absolute Gasteiger partial charge is 0.373 e. The standard InChI is InChI=1S/C25H30N4O4S/c1-19-16-29(17-20(2)33-19)34(31,32)24-5-3-4-23(14-24)25(30)28-12-10-27(11-13-28)18-22-8-6-21(15-26)7-9-22/h3-9,14,19-20H,10-13,16-18H2,1-2H3. The molecule has 2 atom stereocenters. The van der Waals surface area contributed by atoms with E-state index in [1.807, 2.05) is 38.1 Å². The molecule has 4 rings (SSSR count). The first-order valence-corrected chi connectivity index (χ1v) is 13.0. The molecular weight excluding hydrogens is 452 g/mol. The summed E-state index contributed by atoms with van der Waals surface area (Å²) in [6.45, 7) is 7.68. The first kappa shape index (κ1) is 24.4. The number of sulfonamides is 1. The van der Waals surface area contributed by atoms with E-state index in [0.717, 1.165) is 25.2 Å². The fourth-order valence-corrected chi connectivity index (χ4v) is 6.14. The van der Waals surface area contributed by atoms with E-state index in [4.69, 9.17) is 10.00 Å². The Morgan fingerprint density at radius 3 is 2.29 bits per heavy atom. The highest BCUT2D eigenvalue weighted by atomic mass is 32.2. The second kappa shape index (κ2) is 10.2. The minimum absolute atomic E-state index is 0.138. The maximum Gasteiger partial charge on any atom is 0.253 e. The van der Waals surface area contributed by atoms with Crippen molar-refractivity contribution in [3.8, 4) is 6.07 Å². The molecule has 34 heavy (non-hydrogen) atoms. The summed E-state index contributed by atoms with van der Waals surface area (Å²) >= 11 is 0. The number of morpholine rings is 1. The molecule has 2 fully saturated rings. The van der Waals surface area contributed by atoms with Gasteiger partial charge in [0.05, 0.1) is 28.7 Å². The number of nitriles is 1. The smallest absolute Gasteiger partial charge is 0.253 e. The summed E-state index contributed by atoms with van der Waals surface area (Å²) in [6.07, 6.45) is -0.354. The van der Waals surface area contributed by atoms with E-state index in [9.17, 15) is 13.2 Å². The molecule has 9 heteroatoms. The van der Waals surface area contributed by atoms with Crippen molar-refractivity contribution in [1.29, 1.82) is 5.26 Å². The number of ether oxygens (including phenoxy) is 1. The topological polar surface area (TPSA) is 94.0 Å². The van der Waals surface area contributed by atoms with E-state index in [1.165, 1.54) is 10.4 Å². The number of benzene rings is 2. The van der Waals surface area contributed by atoms with Crippen LogP contribution in [0.2, 0.25) is 0 Å². The molecule has 2 aromatic carbocycles. The zero-order valence-electron chi connectivity index (χ0n) is 19.6. The number of rotatable bonds is 5. The third kappa shape index (κ3) is 5.47. The highest BCUT2D eigenvalue weighted by Crippen LogP contribution is 2.23. The maximum absolute atomic E-state index is 13.2. The van der Waals surface area contributed by atoms with Crippen LogP contribution in [0.5, 0.6) is 0 Å². The van der Waals surface area contributed by atoms with Crippen molar-refractivity contribution in [2.45, 2.75) is 37.5 Å². The molecule has 1 amide bonds. The summed E-state index contributed by atoms with van der Waals surface area (Å²) in [5.41, 5.74) is 2.15. The van der Waals surface area contributed by atoms with Gasteiger partial charge in [0.25, 0.3) is 5.91 Å². The van der Waals surface area contributed by atoms with Crippen molar-refractivity contribution in [2.24, 2.45) is 0 Å². The van der Waals surface area contributed by atoms with Gasteiger partial charge < -0.3 is 9.64 Å². The van der Waals surface area contributed by atoms with E-state index in [-0.39, 0.29) is 23.0 Å². The van der Waals surface area contributed by atoms with Crippen LogP contribution in [0.3, 0.4) is 0 Å². The van der Waals surface area contributed by atoms with E-state index >= 15 is 0 Å². The van der Waals surface area contributed by atoms with Gasteiger partial charge in [-0.1, -0.05) is 18.2 Å². The maximum atomic E-state index is 13.2. The second-order valence-corrected chi connectivity index (χ2v) is 10.9. The van der Waals surface area contributed by atoms with Gasteiger partial charge in [-0.3, -0.25) is 9.69 Å². The van der Waals surface area contributed by atoms with Gasteiger partial charge >= 0.3 is 0 Å². The molecule has 180 valence electrons. The Kier molecular flexibility index (Phi) is 7.33. The number of hydrogen-bond acceptors (Lipinski definition) is 6. The van der Waals surface area contributed by atoms with Crippen molar-refractivity contribution in [1.82, 2.24) is 14.1 Å². The zero-order valence-corrected chi connectivity index (χ0v) is 20.4. The highest BCUT2D eigenvalue weighted by Gasteiger charge is 2.33. The van der Waals surface area contributed by atoms with E-state index in [0.29, 0.717) is 37.3 Å². The number of hydrogen-bond donors (Lipinski definition) is 0. The number of carbonyl (C=O) groups is 1. The van der Waals surface area contributed by atoms with Gasteiger partial charge in [0.1, 0.15) is 0 Å². The predicted molar refractivity (Wildman–Crippen MR) is 128 cm³/mol. The van der Waals surface area contributed by atoms with Crippen LogP contribution < -0.4 is 0 Å². The van der Waals surface area contributed by atoms with Gasteiger partial charge in [-0.05, 0) is 49.7 Å². The molecule has 0 N–H and O–H groups in total. The average Bonchev–Trinajstić information content (AvgIpc) is 2.84. The zero-order chi connectivity index (χ0) is 24.3. The number of nitrogens with zero attached hydrogens (tertiary/aromatic N) is 4. The van der Waals surface area contributed by atoms with Crippen molar-refractivity contribution >= 4 is 15.9 Å². The highest BCUT2D eigenvalue weighted by molar-refractivity contribution is 7.89. The van der Waals surface area contributed by atoms with Crippen LogP contribution in [-0.2, 0) is 21.3 Å². The lowest BCUT2D eigenvalue weighted by Crippen LogP contribution is -2.48. The minimum atomic E-state index is -3.71. The first-order valence-electron chi connectivity index (χ1n) is 11.5. The van der Waals surface area contributed by atoms with Crippen LogP contribution in [0.25, 0.3) is 0 Å². The Morgan fingerprint density at radius 1 is 1.03 bits per heavy atom. The molecule has 0 aromatic heterocycles. The van der Waals surface area contributed by atoms with Crippen molar-refractivity contribution in [3.63, 3.8) is 0 Å². The molecule has 2 aliphatic rings. The molecule has 0 spiro atoms. The SMILES string of the molecule is CC1CN(S(=O)(=O)c2cccc(C(=O)N3CCN(Cc4ccc(C#N)cc4)CC3)c2)CC(C)O1. The van der Waals surface area contributed by atoms with Crippen molar-refractivity contribution in [3.05, 3.63) is 65.2 Å². The summed E-state index contributed by atoms with van der Waals surface area (Å²) in [5.74, 6) is -0.154. The predicted octanol–water partition coefficient (Wildman–Crippen LogP) is 2.31. The van der Waals surface area contributed by atoms with E-state index < -0.39 is 10.0 Å². The lowest BCUT2D eigenvalue weighted by molar-refractivity contribution is -0.0440. The van der Waals surface area contributed by atoms with Gasteiger partial charge in [-0.2, -0.15) is 9.57 Å². The van der Waals surface area contributed by atoms with E-state index in [2.05, 4.69) is 11.0 Å². The normalized spacial score (nSPS) is 22.3. The van der Waals surface area contributed by atoms with Gasteiger partial charge in [0, 0.05) is 51.4 Å². The molecule has 0 radical (unpaired) electrons. The summed E-state index contributed by atoms with van der Waals surface area (Å²) < 4.78 is 33.5. The third-order valence-corrected chi connectivity index (χ3v) is 8.08. The number of piperazine rings is 1. The van der Waals surface area contributed by atoms with Crippen LogP contribution in [0.4, 0.5) is 0 Å². The van der Waals surface area contributed by atoms with Crippen LogP contribution >= 0.6 is 0 Å². The van der Waals surface area contributed by atoms with Crippen LogP contribution in [0, 0.1) is 11.3 Å². The fourth-order valence-electron chi connectivity index (χ4n) is 4.50. The third-order valence-electron chi connectivity index (χ3n) is 6.25. The van der Waals surface area contributed by atoms with E-state index in [1.54, 1.807) is 23.1 Å².